The van der Waals surface area contributed by atoms with Crippen molar-refractivity contribution in [2.24, 2.45) is 5.10 Å². The summed E-state index contributed by atoms with van der Waals surface area (Å²) in [4.78, 5) is 0. The second-order valence-corrected chi connectivity index (χ2v) is 6.35. The maximum Gasteiger partial charge on any atom is 0.299 e. The molecule has 6 nitrogen and oxygen atoms in total. The van der Waals surface area contributed by atoms with E-state index in [0.29, 0.717) is 17.9 Å². The molecule has 0 spiro atoms. The van der Waals surface area contributed by atoms with Crippen molar-refractivity contribution in [1.29, 1.82) is 0 Å². The zero-order chi connectivity index (χ0) is 19.9. The van der Waals surface area contributed by atoms with Gasteiger partial charge in [0.05, 0.1) is 13.3 Å². The lowest BCUT2D eigenvalue weighted by Gasteiger charge is -2.11. The number of hydrogen-bond donors (Lipinski definition) is 0. The van der Waals surface area contributed by atoms with E-state index >= 15 is 0 Å². The standard InChI is InChI=1S/C19H18F2N4O2S/c1-26-16-9-8-13(10-14(16)12-27-15-6-4-3-5-7-15)11-22-25-18(17(20)21)23-24-19(25)28-2/h3-11,17H,12H2,1-2H3/b22-11-. The van der Waals surface area contributed by atoms with Crippen molar-refractivity contribution in [2.45, 2.75) is 18.2 Å². The van der Waals surface area contributed by atoms with E-state index in [9.17, 15) is 8.78 Å². The number of methoxy groups -OCH3 is 1. The molecule has 9 heteroatoms. The normalized spacial score (nSPS) is 11.3. The lowest BCUT2D eigenvalue weighted by atomic mass is 10.1. The van der Waals surface area contributed by atoms with E-state index in [1.54, 1.807) is 25.5 Å². The van der Waals surface area contributed by atoms with Gasteiger partial charge in [0, 0.05) is 5.56 Å². The highest BCUT2D eigenvalue weighted by Crippen LogP contribution is 2.23. The summed E-state index contributed by atoms with van der Waals surface area (Å²) in [6.45, 7) is 0.292. The summed E-state index contributed by atoms with van der Waals surface area (Å²) in [6.07, 6.45) is 0.425. The summed E-state index contributed by atoms with van der Waals surface area (Å²) >= 11 is 1.19. The van der Waals surface area contributed by atoms with E-state index in [-0.39, 0.29) is 5.16 Å². The average Bonchev–Trinajstić information content (AvgIpc) is 3.14. The smallest absolute Gasteiger partial charge is 0.299 e. The molecule has 0 bridgehead atoms. The number of para-hydroxylation sites is 1. The molecule has 0 amide bonds. The van der Waals surface area contributed by atoms with Crippen LogP contribution in [-0.2, 0) is 6.61 Å². The zero-order valence-electron chi connectivity index (χ0n) is 15.3. The molecule has 146 valence electrons. The largest absolute Gasteiger partial charge is 0.496 e. The molecule has 0 saturated carbocycles. The molecule has 2 aromatic carbocycles. The molecule has 0 aliphatic heterocycles. The van der Waals surface area contributed by atoms with Crippen LogP contribution in [0.3, 0.4) is 0 Å². The highest BCUT2D eigenvalue weighted by molar-refractivity contribution is 7.98. The molecule has 1 aromatic heterocycles. The quantitative estimate of drug-likeness (QED) is 0.411. The summed E-state index contributed by atoms with van der Waals surface area (Å²) in [5.74, 6) is 0.900. The van der Waals surface area contributed by atoms with Gasteiger partial charge in [-0.25, -0.2) is 8.78 Å². The minimum absolute atomic E-state index is 0.285. The van der Waals surface area contributed by atoms with E-state index in [0.717, 1.165) is 16.0 Å². The van der Waals surface area contributed by atoms with Gasteiger partial charge in [-0.2, -0.15) is 9.78 Å². The maximum absolute atomic E-state index is 13.1. The van der Waals surface area contributed by atoms with Gasteiger partial charge in [-0.15, -0.1) is 10.2 Å². The molecule has 0 saturated heterocycles. The molecule has 0 aliphatic rings. The first kappa shape index (κ1) is 19.8. The van der Waals surface area contributed by atoms with Crippen molar-refractivity contribution in [3.8, 4) is 11.5 Å². The molecular weight excluding hydrogens is 386 g/mol. The molecule has 28 heavy (non-hydrogen) atoms. The van der Waals surface area contributed by atoms with E-state index < -0.39 is 12.2 Å². The van der Waals surface area contributed by atoms with E-state index in [2.05, 4.69) is 15.3 Å². The third-order valence-electron chi connectivity index (χ3n) is 3.78. The van der Waals surface area contributed by atoms with Crippen LogP contribution in [0.5, 0.6) is 11.5 Å². The fraction of sp³-hybridized carbons (Fsp3) is 0.211. The fourth-order valence-corrected chi connectivity index (χ4v) is 2.88. The zero-order valence-corrected chi connectivity index (χ0v) is 16.1. The minimum atomic E-state index is -2.77. The second-order valence-electron chi connectivity index (χ2n) is 5.57. The Balaban J connectivity index is 1.83. The average molecular weight is 404 g/mol. The highest BCUT2D eigenvalue weighted by atomic mass is 32.2. The number of halogens is 2. The molecule has 0 N–H and O–H groups in total. The molecule has 0 radical (unpaired) electrons. The summed E-state index contributed by atoms with van der Waals surface area (Å²) in [5.41, 5.74) is 1.51. The number of aromatic nitrogens is 3. The third-order valence-corrected chi connectivity index (χ3v) is 4.40. The molecule has 0 aliphatic carbocycles. The van der Waals surface area contributed by atoms with Gasteiger partial charge in [0.1, 0.15) is 18.1 Å². The maximum atomic E-state index is 13.1. The van der Waals surface area contributed by atoms with Crippen molar-refractivity contribution in [3.05, 3.63) is 65.5 Å². The summed E-state index contributed by atoms with van der Waals surface area (Å²) < 4.78 is 38.4. The van der Waals surface area contributed by atoms with Gasteiger partial charge in [0.25, 0.3) is 6.43 Å². The fourth-order valence-electron chi connectivity index (χ4n) is 2.44. The first-order chi connectivity index (χ1) is 13.6. The van der Waals surface area contributed by atoms with Crippen molar-refractivity contribution in [3.63, 3.8) is 0 Å². The van der Waals surface area contributed by atoms with Crippen LogP contribution in [0.15, 0.2) is 58.8 Å². The highest BCUT2D eigenvalue weighted by Gasteiger charge is 2.19. The van der Waals surface area contributed by atoms with Crippen LogP contribution in [0.1, 0.15) is 23.4 Å². The number of ether oxygens (including phenoxy) is 2. The molecule has 0 unspecified atom stereocenters. The summed E-state index contributed by atoms with van der Waals surface area (Å²) in [7, 11) is 1.58. The Morgan fingerprint density at radius 2 is 1.96 bits per heavy atom. The molecule has 0 atom stereocenters. The van der Waals surface area contributed by atoms with Gasteiger partial charge in [0.2, 0.25) is 11.0 Å². The van der Waals surface area contributed by atoms with E-state index in [4.69, 9.17) is 9.47 Å². The van der Waals surface area contributed by atoms with Gasteiger partial charge >= 0.3 is 0 Å². The van der Waals surface area contributed by atoms with E-state index in [1.807, 2.05) is 36.4 Å². The number of benzene rings is 2. The van der Waals surface area contributed by atoms with Crippen LogP contribution in [0.2, 0.25) is 0 Å². The lowest BCUT2D eigenvalue weighted by molar-refractivity contribution is 0.135. The van der Waals surface area contributed by atoms with Gasteiger partial charge in [-0.05, 0) is 42.2 Å². The van der Waals surface area contributed by atoms with E-state index in [1.165, 1.54) is 18.0 Å². The van der Waals surface area contributed by atoms with Gasteiger partial charge in [0.15, 0.2) is 0 Å². The summed E-state index contributed by atoms with van der Waals surface area (Å²) in [6, 6.07) is 14.8. The number of alkyl halides is 2. The Morgan fingerprint density at radius 1 is 1.18 bits per heavy atom. The van der Waals surface area contributed by atoms with Gasteiger partial charge in [-0.1, -0.05) is 30.0 Å². The Hall–Kier alpha value is -2.94. The Labute approximate surface area is 165 Å². The number of nitrogens with zero attached hydrogens (tertiary/aromatic N) is 4. The first-order valence-corrected chi connectivity index (χ1v) is 9.51. The molecule has 1 heterocycles. The lowest BCUT2D eigenvalue weighted by Crippen LogP contribution is -2.02. The number of hydrogen-bond acceptors (Lipinski definition) is 6. The second kappa shape index (κ2) is 9.32. The SMILES string of the molecule is COc1ccc(/C=N\n2c(SC)nnc2C(F)F)cc1COc1ccccc1. The Kier molecular flexibility index (Phi) is 6.59. The Bertz CT molecular complexity index is 948. The third kappa shape index (κ3) is 4.66. The predicted molar refractivity (Wildman–Crippen MR) is 104 cm³/mol. The predicted octanol–water partition coefficient (Wildman–Crippen LogP) is 4.41. The van der Waals surface area contributed by atoms with Crippen LogP contribution < -0.4 is 9.47 Å². The number of thioether (sulfide) groups is 1. The van der Waals surface area contributed by atoms with Gasteiger partial charge < -0.3 is 9.47 Å². The minimum Gasteiger partial charge on any atom is -0.496 e. The van der Waals surface area contributed by atoms with Crippen molar-refractivity contribution in [1.82, 2.24) is 14.9 Å². The molecule has 3 rings (SSSR count). The molecular formula is C19H18F2N4O2S. The van der Waals surface area contributed by atoms with Crippen LogP contribution in [0.4, 0.5) is 8.78 Å². The van der Waals surface area contributed by atoms with Crippen LogP contribution in [0.25, 0.3) is 0 Å². The Morgan fingerprint density at radius 3 is 2.64 bits per heavy atom. The topological polar surface area (TPSA) is 61.5 Å². The monoisotopic (exact) mass is 404 g/mol. The van der Waals surface area contributed by atoms with Crippen LogP contribution >= 0.6 is 11.8 Å². The molecule has 3 aromatic rings. The number of rotatable bonds is 8. The summed E-state index contributed by atoms with van der Waals surface area (Å²) in [5, 5.41) is 11.6. The van der Waals surface area contributed by atoms with Crippen molar-refractivity contribution < 1.29 is 18.3 Å². The van der Waals surface area contributed by atoms with Crippen LogP contribution in [-0.4, -0.2) is 34.5 Å². The molecule has 0 fully saturated rings. The van der Waals surface area contributed by atoms with Crippen LogP contribution in [0, 0.1) is 0 Å². The first-order valence-electron chi connectivity index (χ1n) is 8.29. The van der Waals surface area contributed by atoms with Crippen molar-refractivity contribution in [2.75, 3.05) is 13.4 Å². The van der Waals surface area contributed by atoms with Gasteiger partial charge in [-0.3, -0.25) is 0 Å². The van der Waals surface area contributed by atoms with Crippen molar-refractivity contribution >= 4 is 18.0 Å².